The molecule has 3 unspecified atom stereocenters. The normalized spacial score (nSPS) is 20.4. The summed E-state index contributed by atoms with van der Waals surface area (Å²) in [6.07, 6.45) is -4.07. The van der Waals surface area contributed by atoms with Crippen molar-refractivity contribution in [3.8, 4) is 23.3 Å². The van der Waals surface area contributed by atoms with Crippen molar-refractivity contribution < 1.29 is 52.6 Å². The Kier molecular flexibility index (Phi) is 13.3. The van der Waals surface area contributed by atoms with Gasteiger partial charge in [0.15, 0.2) is 11.5 Å². The number of rotatable bonds is 16. The number of aromatic nitrogens is 3. The molecule has 3 aromatic carbocycles. The zero-order valence-corrected chi connectivity index (χ0v) is 37.4. The van der Waals surface area contributed by atoms with E-state index in [9.17, 15) is 38.4 Å². The Labute approximate surface area is 379 Å². The molecule has 66 heavy (non-hydrogen) atoms. The minimum Gasteiger partial charge on any atom is -0.494 e. The second-order valence-corrected chi connectivity index (χ2v) is 17.8. The van der Waals surface area contributed by atoms with Crippen molar-refractivity contribution in [2.24, 2.45) is 5.41 Å². The fraction of sp³-hybridized carbons (Fsp3) is 0.500. The number of anilines is 3. The van der Waals surface area contributed by atoms with E-state index in [4.69, 9.17) is 19.9 Å². The first-order valence-electron chi connectivity index (χ1n) is 22.1. The van der Waals surface area contributed by atoms with Crippen molar-refractivity contribution in [2.45, 2.75) is 70.2 Å². The van der Waals surface area contributed by atoms with E-state index in [1.807, 2.05) is 12.1 Å². The number of hydrogen-bond donors (Lipinski definition) is 7. The maximum atomic E-state index is 13.6. The molecule has 8 N–H and O–H groups in total. The maximum absolute atomic E-state index is 13.6. The van der Waals surface area contributed by atoms with Gasteiger partial charge in [0, 0.05) is 85.3 Å². The standard InChI is InChI=1S/C46H58F3N9O8/c1-26(28-17-29(46(47,48)49)19-30(50)18-28)51-41-34-21-38(37(64-4)22-35(34)52-27(2)53-41)66-25-45(9-10-45)24-55(3)40(60)23-65-16-15-56-11-13-57(14-12-56)31-5-6-32-33(20-31)44(63)58(43(32)62)36-7-8-39(59)54-42(36)61/h5-6,17-22,26,36,39,42,54,59,61-63H,7-16,23-25,50H2,1-4H3,(H,51,52,53)/t26-,36?,39?,42?/m1/s1. The number of amides is 1. The number of aromatic hydroxyl groups is 2. The van der Waals surface area contributed by atoms with Gasteiger partial charge in [-0.2, -0.15) is 13.2 Å². The summed E-state index contributed by atoms with van der Waals surface area (Å²) in [4.78, 5) is 28.5. The topological polar surface area (TPSA) is 216 Å². The van der Waals surface area contributed by atoms with Gasteiger partial charge in [0.1, 0.15) is 30.7 Å². The Bertz CT molecular complexity index is 2570. The minimum absolute atomic E-state index is 0.00104. The van der Waals surface area contributed by atoms with Gasteiger partial charge in [0.25, 0.3) is 0 Å². The number of ether oxygens (including phenoxy) is 3. The van der Waals surface area contributed by atoms with Gasteiger partial charge in [-0.05, 0) is 87.6 Å². The van der Waals surface area contributed by atoms with E-state index in [0.717, 1.165) is 56.8 Å². The van der Waals surface area contributed by atoms with E-state index in [2.05, 4.69) is 30.4 Å². The minimum atomic E-state index is -4.55. The van der Waals surface area contributed by atoms with Gasteiger partial charge in [-0.15, -0.1) is 0 Å². The second-order valence-electron chi connectivity index (χ2n) is 17.8. The van der Waals surface area contributed by atoms with Crippen LogP contribution in [0.2, 0.25) is 0 Å². The van der Waals surface area contributed by atoms with Crippen molar-refractivity contribution in [2.75, 3.05) is 89.2 Å². The zero-order chi connectivity index (χ0) is 47.1. The highest BCUT2D eigenvalue weighted by atomic mass is 19.4. The van der Waals surface area contributed by atoms with E-state index in [1.54, 1.807) is 44.0 Å². The first kappa shape index (κ1) is 46.7. The predicted molar refractivity (Wildman–Crippen MR) is 242 cm³/mol. The molecule has 8 rings (SSSR count). The lowest BCUT2D eigenvalue weighted by Gasteiger charge is -2.36. The largest absolute Gasteiger partial charge is 0.494 e. The van der Waals surface area contributed by atoms with Gasteiger partial charge in [-0.1, -0.05) is 0 Å². The van der Waals surface area contributed by atoms with E-state index in [1.165, 1.54) is 17.7 Å². The van der Waals surface area contributed by atoms with Crippen molar-refractivity contribution in [3.63, 3.8) is 0 Å². The van der Waals surface area contributed by atoms with Gasteiger partial charge in [-0.3, -0.25) is 19.6 Å². The summed E-state index contributed by atoms with van der Waals surface area (Å²) in [5.74, 6) is 1.34. The molecule has 2 saturated heterocycles. The number of aliphatic hydroxyl groups excluding tert-OH is 2. The molecule has 4 heterocycles. The molecule has 0 radical (unpaired) electrons. The number of benzene rings is 3. The fourth-order valence-corrected chi connectivity index (χ4v) is 8.98. The average molecular weight is 922 g/mol. The van der Waals surface area contributed by atoms with Crippen LogP contribution in [0.1, 0.15) is 61.6 Å². The lowest BCUT2D eigenvalue weighted by atomic mass is 10.0. The van der Waals surface area contributed by atoms with Crippen molar-refractivity contribution in [1.82, 2.24) is 29.7 Å². The van der Waals surface area contributed by atoms with Crippen LogP contribution < -0.4 is 30.7 Å². The molecular weight excluding hydrogens is 864 g/mol. The van der Waals surface area contributed by atoms with Crippen LogP contribution in [0.3, 0.4) is 0 Å². The third-order valence-electron chi connectivity index (χ3n) is 13.0. The average Bonchev–Trinajstić information content (AvgIpc) is 4.00. The number of methoxy groups -OCH3 is 1. The summed E-state index contributed by atoms with van der Waals surface area (Å²) in [6, 6.07) is 11.3. The van der Waals surface area contributed by atoms with Crippen LogP contribution in [0.4, 0.5) is 30.4 Å². The van der Waals surface area contributed by atoms with Crippen molar-refractivity contribution >= 4 is 44.8 Å². The number of nitrogens with one attached hydrogen (secondary N) is 2. The van der Waals surface area contributed by atoms with E-state index < -0.39 is 36.3 Å². The molecule has 4 atom stereocenters. The highest BCUT2D eigenvalue weighted by Gasteiger charge is 2.45. The predicted octanol–water partition coefficient (Wildman–Crippen LogP) is 5.10. The number of hydrogen-bond acceptors (Lipinski definition) is 15. The van der Waals surface area contributed by atoms with Crippen molar-refractivity contribution in [3.05, 3.63) is 65.5 Å². The lowest BCUT2D eigenvalue weighted by molar-refractivity contribution is -0.137. The van der Waals surface area contributed by atoms with E-state index >= 15 is 0 Å². The first-order chi connectivity index (χ1) is 31.4. The highest BCUT2D eigenvalue weighted by molar-refractivity contribution is 5.95. The number of likely N-dealkylation sites (N-methyl/N-ethyl adjacent to an activating group) is 1. The number of nitrogens with zero attached hydrogens (tertiary/aromatic N) is 6. The van der Waals surface area contributed by atoms with Gasteiger partial charge in [0.2, 0.25) is 17.7 Å². The Hall–Kier alpha value is -5.80. The second kappa shape index (κ2) is 18.8. The Morgan fingerprint density at radius 2 is 1.74 bits per heavy atom. The lowest BCUT2D eigenvalue weighted by Crippen LogP contribution is -2.47. The number of fused-ring (bicyclic) bond motifs is 2. The molecule has 0 spiro atoms. The monoisotopic (exact) mass is 921 g/mol. The molecular formula is C46H58F3N9O8. The van der Waals surface area contributed by atoms with Crippen LogP contribution in [0.15, 0.2) is 48.5 Å². The van der Waals surface area contributed by atoms with Gasteiger partial charge in [0.05, 0.1) is 43.5 Å². The molecule has 2 aliphatic heterocycles. The molecule has 356 valence electrons. The number of piperidine rings is 1. The number of piperazine rings is 1. The number of halogens is 3. The highest BCUT2D eigenvalue weighted by Crippen LogP contribution is 2.48. The van der Waals surface area contributed by atoms with E-state index in [0.29, 0.717) is 89.5 Å². The maximum Gasteiger partial charge on any atom is 0.416 e. The molecule has 5 aromatic rings. The Balaban J connectivity index is 0.808. The van der Waals surface area contributed by atoms with Crippen molar-refractivity contribution in [1.29, 1.82) is 0 Å². The third kappa shape index (κ3) is 10.1. The molecule has 1 amide bonds. The molecule has 1 aliphatic carbocycles. The van der Waals surface area contributed by atoms with Gasteiger partial charge >= 0.3 is 6.18 Å². The number of aryl methyl sites for hydroxylation is 1. The number of nitrogen functional groups attached to an aromatic ring is 1. The third-order valence-corrected chi connectivity index (χ3v) is 13.0. The number of nitrogens with two attached hydrogens (primary N) is 1. The SMILES string of the molecule is COc1cc2nc(C)nc(N[C@H](C)c3cc(N)cc(C(F)(F)F)c3)c2cc1OCC1(CN(C)C(=O)COCCN2CCN(c3ccc4c(O)n(C5CCC(O)NC5O)c(O)c4c3)CC2)CC1. The van der Waals surface area contributed by atoms with E-state index in [-0.39, 0.29) is 35.4 Å². The van der Waals surface area contributed by atoms with Crippen LogP contribution in [0.5, 0.6) is 23.3 Å². The molecule has 3 aliphatic rings. The summed E-state index contributed by atoms with van der Waals surface area (Å²) in [6.45, 7) is 8.19. The van der Waals surface area contributed by atoms with Crippen LogP contribution in [-0.4, -0.2) is 136 Å². The summed E-state index contributed by atoms with van der Waals surface area (Å²) >= 11 is 0. The summed E-state index contributed by atoms with van der Waals surface area (Å²) in [7, 11) is 3.29. The van der Waals surface area contributed by atoms with Crippen LogP contribution in [0, 0.1) is 12.3 Å². The number of carbonyl (C=O) groups is 1. The van der Waals surface area contributed by atoms with Gasteiger partial charge < -0.3 is 55.5 Å². The number of alkyl halides is 3. The zero-order valence-electron chi connectivity index (χ0n) is 37.4. The number of aliphatic hydroxyl groups is 2. The Morgan fingerprint density at radius 3 is 2.44 bits per heavy atom. The van der Waals surface area contributed by atoms with Gasteiger partial charge in [-0.25, -0.2) is 9.97 Å². The van der Waals surface area contributed by atoms with Crippen LogP contribution in [0.25, 0.3) is 21.7 Å². The molecule has 2 aromatic heterocycles. The quantitative estimate of drug-likeness (QED) is 0.0506. The molecule has 20 heteroatoms. The molecule has 0 bridgehead atoms. The first-order valence-corrected chi connectivity index (χ1v) is 22.1. The summed E-state index contributed by atoms with van der Waals surface area (Å²) < 4.78 is 59.9. The van der Waals surface area contributed by atoms with Crippen LogP contribution >= 0.6 is 0 Å². The molecule has 1 saturated carbocycles. The molecule has 3 fully saturated rings. The smallest absolute Gasteiger partial charge is 0.416 e. The number of carbonyl (C=O) groups excluding carboxylic acids is 1. The molecule has 17 nitrogen and oxygen atoms in total. The Morgan fingerprint density at radius 1 is 1.00 bits per heavy atom. The summed E-state index contributed by atoms with van der Waals surface area (Å²) in [5, 5.41) is 49.8. The van der Waals surface area contributed by atoms with Crippen LogP contribution in [-0.2, 0) is 15.7 Å². The fourth-order valence-electron chi connectivity index (χ4n) is 8.98. The summed E-state index contributed by atoms with van der Waals surface area (Å²) in [5.41, 5.74) is 6.55.